The highest BCUT2D eigenvalue weighted by atomic mass is 32.1. The molecule has 5 nitrogen and oxygen atoms in total. The average molecular weight is 356 g/mol. The second kappa shape index (κ2) is 7.12. The maximum absolute atomic E-state index is 5.98. The van der Waals surface area contributed by atoms with Crippen LogP contribution in [0.2, 0.25) is 0 Å². The maximum atomic E-state index is 5.98. The predicted molar refractivity (Wildman–Crippen MR) is 101 cm³/mol. The molecule has 1 aliphatic heterocycles. The standard InChI is InChI=1S/C19H24N4OS/c1-13-11-17(24-19-21-18(22-25-19)15-6-7-15)14(2)10-16(13)20-12-23-8-4-3-5-9-23/h10-12,15H,3-9H2,1-2H3. The van der Waals surface area contributed by atoms with E-state index in [0.717, 1.165) is 41.5 Å². The minimum Gasteiger partial charge on any atom is -0.430 e. The Balaban J connectivity index is 1.47. The molecule has 0 N–H and O–H groups in total. The molecule has 1 saturated carbocycles. The largest absolute Gasteiger partial charge is 0.430 e. The molecule has 0 radical (unpaired) electrons. The van der Waals surface area contributed by atoms with E-state index in [1.807, 2.05) is 6.34 Å². The number of nitrogens with zero attached hydrogens (tertiary/aromatic N) is 4. The number of hydrogen-bond donors (Lipinski definition) is 0. The maximum Gasteiger partial charge on any atom is 0.298 e. The van der Waals surface area contributed by atoms with Gasteiger partial charge in [-0.05, 0) is 69.2 Å². The first kappa shape index (κ1) is 16.5. The summed E-state index contributed by atoms with van der Waals surface area (Å²) in [7, 11) is 0. The van der Waals surface area contributed by atoms with Crippen molar-refractivity contribution in [1.82, 2.24) is 14.3 Å². The SMILES string of the molecule is Cc1cc(Oc2nc(C3CC3)ns2)c(C)cc1N=CN1CCCCC1. The van der Waals surface area contributed by atoms with Crippen molar-refractivity contribution in [3.05, 3.63) is 29.1 Å². The number of aryl methyl sites for hydroxylation is 2. The van der Waals surface area contributed by atoms with Gasteiger partial charge in [-0.15, -0.1) is 0 Å². The molecule has 1 aromatic heterocycles. The van der Waals surface area contributed by atoms with Gasteiger partial charge in [0.25, 0.3) is 5.19 Å². The van der Waals surface area contributed by atoms with E-state index in [-0.39, 0.29) is 0 Å². The van der Waals surface area contributed by atoms with Crippen molar-refractivity contribution in [1.29, 1.82) is 0 Å². The van der Waals surface area contributed by atoms with Gasteiger partial charge in [0, 0.05) is 30.5 Å². The molecule has 2 aromatic rings. The lowest BCUT2D eigenvalue weighted by Crippen LogP contribution is -2.28. The van der Waals surface area contributed by atoms with Gasteiger partial charge in [0.15, 0.2) is 0 Å². The van der Waals surface area contributed by atoms with Crippen LogP contribution in [0.4, 0.5) is 5.69 Å². The fourth-order valence-electron chi connectivity index (χ4n) is 3.06. The minimum atomic E-state index is 0.558. The molecule has 2 heterocycles. The van der Waals surface area contributed by atoms with Crippen LogP contribution in [0.1, 0.15) is 55.0 Å². The Kier molecular flexibility index (Phi) is 4.70. The summed E-state index contributed by atoms with van der Waals surface area (Å²) in [5.41, 5.74) is 3.19. The molecule has 0 amide bonds. The Bertz CT molecular complexity index is 776. The summed E-state index contributed by atoms with van der Waals surface area (Å²) < 4.78 is 10.4. The zero-order valence-corrected chi connectivity index (χ0v) is 15.7. The first-order valence-electron chi connectivity index (χ1n) is 9.10. The van der Waals surface area contributed by atoms with Crippen molar-refractivity contribution in [3.63, 3.8) is 0 Å². The van der Waals surface area contributed by atoms with Crippen molar-refractivity contribution < 1.29 is 4.74 Å². The van der Waals surface area contributed by atoms with E-state index in [0.29, 0.717) is 11.1 Å². The Morgan fingerprint density at radius 3 is 2.72 bits per heavy atom. The van der Waals surface area contributed by atoms with Crippen LogP contribution in [0.25, 0.3) is 0 Å². The average Bonchev–Trinajstić information content (AvgIpc) is 3.37. The third-order valence-electron chi connectivity index (χ3n) is 4.81. The van der Waals surface area contributed by atoms with Gasteiger partial charge in [-0.1, -0.05) is 0 Å². The molecule has 25 heavy (non-hydrogen) atoms. The van der Waals surface area contributed by atoms with Gasteiger partial charge >= 0.3 is 0 Å². The number of aliphatic imine (C=N–C) groups is 1. The zero-order valence-electron chi connectivity index (χ0n) is 14.9. The topological polar surface area (TPSA) is 50.6 Å². The Hall–Kier alpha value is -1.95. The number of hydrogen-bond acceptors (Lipinski definition) is 5. The van der Waals surface area contributed by atoms with Gasteiger partial charge in [-0.2, -0.15) is 9.36 Å². The molecule has 4 rings (SSSR count). The highest BCUT2D eigenvalue weighted by Gasteiger charge is 2.28. The van der Waals surface area contributed by atoms with Crippen LogP contribution in [-0.4, -0.2) is 33.7 Å². The fourth-order valence-corrected chi connectivity index (χ4v) is 3.69. The summed E-state index contributed by atoms with van der Waals surface area (Å²) in [6.07, 6.45) is 8.27. The van der Waals surface area contributed by atoms with Crippen molar-refractivity contribution in [2.75, 3.05) is 13.1 Å². The highest BCUT2D eigenvalue weighted by molar-refractivity contribution is 7.07. The third-order valence-corrected chi connectivity index (χ3v) is 5.42. The number of piperidine rings is 1. The Labute approximate surface area is 152 Å². The van der Waals surface area contributed by atoms with Gasteiger partial charge in [0.2, 0.25) is 0 Å². The van der Waals surface area contributed by atoms with E-state index >= 15 is 0 Å². The van der Waals surface area contributed by atoms with Crippen LogP contribution in [0.5, 0.6) is 10.9 Å². The van der Waals surface area contributed by atoms with Crippen LogP contribution < -0.4 is 4.74 Å². The van der Waals surface area contributed by atoms with Gasteiger partial charge in [0.05, 0.1) is 12.0 Å². The summed E-state index contributed by atoms with van der Waals surface area (Å²) in [4.78, 5) is 11.5. The number of likely N-dealkylation sites (tertiary alicyclic amines) is 1. The summed E-state index contributed by atoms with van der Waals surface area (Å²) >= 11 is 1.34. The van der Waals surface area contributed by atoms with Crippen molar-refractivity contribution in [2.24, 2.45) is 4.99 Å². The first-order valence-corrected chi connectivity index (χ1v) is 9.87. The Morgan fingerprint density at radius 2 is 1.96 bits per heavy atom. The fraction of sp³-hybridized carbons (Fsp3) is 0.526. The quantitative estimate of drug-likeness (QED) is 0.560. The molecular weight excluding hydrogens is 332 g/mol. The van der Waals surface area contributed by atoms with Crippen LogP contribution in [0.15, 0.2) is 17.1 Å². The lowest BCUT2D eigenvalue weighted by Gasteiger charge is -2.23. The zero-order chi connectivity index (χ0) is 17.2. The summed E-state index contributed by atoms with van der Waals surface area (Å²) in [6.45, 7) is 6.36. The van der Waals surface area contributed by atoms with Crippen LogP contribution >= 0.6 is 11.5 Å². The third kappa shape index (κ3) is 4.00. The van der Waals surface area contributed by atoms with E-state index in [9.17, 15) is 0 Å². The predicted octanol–water partition coefficient (Wildman–Crippen LogP) is 4.97. The molecular formula is C19H24N4OS. The monoisotopic (exact) mass is 356 g/mol. The van der Waals surface area contributed by atoms with Crippen molar-refractivity contribution in [3.8, 4) is 10.9 Å². The van der Waals surface area contributed by atoms with E-state index in [1.165, 1.54) is 43.6 Å². The molecule has 0 bridgehead atoms. The van der Waals surface area contributed by atoms with Gasteiger partial charge in [0.1, 0.15) is 11.6 Å². The van der Waals surface area contributed by atoms with E-state index in [4.69, 9.17) is 9.73 Å². The lowest BCUT2D eigenvalue weighted by molar-refractivity contribution is 0.351. The highest BCUT2D eigenvalue weighted by Crippen LogP contribution is 2.40. The minimum absolute atomic E-state index is 0.558. The lowest BCUT2D eigenvalue weighted by atomic mass is 10.1. The molecule has 0 atom stereocenters. The molecule has 1 aromatic carbocycles. The van der Waals surface area contributed by atoms with Crippen LogP contribution in [0, 0.1) is 13.8 Å². The van der Waals surface area contributed by atoms with Gasteiger partial charge in [-0.3, -0.25) is 0 Å². The first-order chi connectivity index (χ1) is 12.2. The number of benzene rings is 1. The molecule has 2 aliphatic rings. The summed E-state index contributed by atoms with van der Waals surface area (Å²) in [5.74, 6) is 2.34. The number of rotatable bonds is 5. The van der Waals surface area contributed by atoms with Crippen LogP contribution in [-0.2, 0) is 0 Å². The van der Waals surface area contributed by atoms with E-state index < -0.39 is 0 Å². The van der Waals surface area contributed by atoms with E-state index in [2.05, 4.69) is 40.2 Å². The molecule has 0 unspecified atom stereocenters. The van der Waals surface area contributed by atoms with Gasteiger partial charge < -0.3 is 9.64 Å². The number of aromatic nitrogens is 2. The molecule has 1 aliphatic carbocycles. The summed E-state index contributed by atoms with van der Waals surface area (Å²) in [6, 6.07) is 4.14. The number of ether oxygens (including phenoxy) is 1. The second-order valence-electron chi connectivity index (χ2n) is 7.04. The molecule has 2 fully saturated rings. The van der Waals surface area contributed by atoms with Crippen molar-refractivity contribution in [2.45, 2.75) is 51.9 Å². The Morgan fingerprint density at radius 1 is 1.16 bits per heavy atom. The summed E-state index contributed by atoms with van der Waals surface area (Å²) in [5, 5.41) is 0.633. The molecule has 132 valence electrons. The van der Waals surface area contributed by atoms with Crippen LogP contribution in [0.3, 0.4) is 0 Å². The molecule has 6 heteroatoms. The molecule has 1 saturated heterocycles. The van der Waals surface area contributed by atoms with E-state index in [1.54, 1.807) is 0 Å². The normalized spacial score (nSPS) is 18.1. The smallest absolute Gasteiger partial charge is 0.298 e. The second-order valence-corrected chi connectivity index (χ2v) is 7.75. The van der Waals surface area contributed by atoms with Crippen molar-refractivity contribution >= 4 is 23.6 Å². The van der Waals surface area contributed by atoms with Gasteiger partial charge in [-0.25, -0.2) is 4.99 Å². The molecule has 0 spiro atoms.